The van der Waals surface area contributed by atoms with Crippen molar-refractivity contribution in [1.82, 2.24) is 9.97 Å². The third-order valence-electron chi connectivity index (χ3n) is 3.96. The van der Waals surface area contributed by atoms with Crippen molar-refractivity contribution in [3.63, 3.8) is 0 Å². The molecule has 0 aliphatic heterocycles. The molecule has 0 unspecified atom stereocenters. The maximum Gasteiger partial charge on any atom is 0.269 e. The van der Waals surface area contributed by atoms with Crippen molar-refractivity contribution in [2.45, 2.75) is 31.2 Å². The lowest BCUT2D eigenvalue weighted by molar-refractivity contribution is -0.384. The van der Waals surface area contributed by atoms with E-state index in [1.54, 1.807) is 12.1 Å². The number of hydrogen-bond donors (Lipinski definition) is 1. The Morgan fingerprint density at radius 3 is 2.33 bits per heavy atom. The van der Waals surface area contributed by atoms with E-state index in [0.717, 1.165) is 16.8 Å². The highest BCUT2D eigenvalue weighted by Crippen LogP contribution is 2.21. The molecule has 138 valence electrons. The maximum absolute atomic E-state index is 12.0. The number of rotatable bonds is 6. The van der Waals surface area contributed by atoms with E-state index in [1.807, 2.05) is 13.8 Å². The topological polar surface area (TPSA) is 88.9 Å². The number of non-ortho nitro benzene ring substituents is 1. The zero-order chi connectivity index (χ0) is 19.4. The maximum atomic E-state index is 12.0. The Labute approximate surface area is 160 Å². The molecule has 0 spiro atoms. The molecule has 1 N–H and O–H groups in total. The van der Waals surface area contributed by atoms with Gasteiger partial charge in [-0.15, -0.1) is 0 Å². The zero-order valence-corrected chi connectivity index (χ0v) is 15.9. The summed E-state index contributed by atoms with van der Waals surface area (Å²) in [6.07, 6.45) is 0.595. The molecule has 6 nitrogen and oxygen atoms in total. The van der Waals surface area contributed by atoms with Crippen LogP contribution >= 0.6 is 11.8 Å². The number of hydrogen-bond acceptors (Lipinski definition) is 5. The summed E-state index contributed by atoms with van der Waals surface area (Å²) in [5.74, 6) is 0.563. The molecular formula is C20H19N3O3S. The van der Waals surface area contributed by atoms with Crippen LogP contribution in [0.4, 0.5) is 5.69 Å². The molecule has 1 heterocycles. The highest BCUT2D eigenvalue weighted by atomic mass is 32.2. The van der Waals surface area contributed by atoms with Gasteiger partial charge in [0.05, 0.1) is 10.6 Å². The van der Waals surface area contributed by atoms with Crippen molar-refractivity contribution >= 4 is 17.4 Å². The Balaban J connectivity index is 1.73. The van der Waals surface area contributed by atoms with Gasteiger partial charge in [0.2, 0.25) is 0 Å². The number of nitrogens with zero attached hydrogens (tertiary/aromatic N) is 2. The fourth-order valence-corrected chi connectivity index (χ4v) is 3.74. The van der Waals surface area contributed by atoms with Crippen LogP contribution in [0, 0.1) is 24.0 Å². The minimum atomic E-state index is -0.424. The Morgan fingerprint density at radius 2 is 1.70 bits per heavy atom. The van der Waals surface area contributed by atoms with Gasteiger partial charge < -0.3 is 4.98 Å². The van der Waals surface area contributed by atoms with Gasteiger partial charge >= 0.3 is 0 Å². The molecule has 0 aliphatic rings. The minimum Gasteiger partial charge on any atom is -0.301 e. The van der Waals surface area contributed by atoms with E-state index in [9.17, 15) is 14.9 Å². The summed E-state index contributed by atoms with van der Waals surface area (Å²) in [5.41, 5.74) is 5.01. The molecule has 0 amide bonds. The molecule has 3 rings (SSSR count). The third-order valence-corrected chi connectivity index (χ3v) is 4.91. The van der Waals surface area contributed by atoms with E-state index in [4.69, 9.17) is 0 Å². The number of aromatic amines is 1. The van der Waals surface area contributed by atoms with Crippen molar-refractivity contribution in [2.24, 2.45) is 0 Å². The van der Waals surface area contributed by atoms with Crippen molar-refractivity contribution in [2.75, 3.05) is 0 Å². The van der Waals surface area contributed by atoms with E-state index in [2.05, 4.69) is 28.2 Å². The summed E-state index contributed by atoms with van der Waals surface area (Å²) >= 11 is 1.40. The fraction of sp³-hybridized carbons (Fsp3) is 0.200. The number of benzene rings is 2. The average Bonchev–Trinajstić information content (AvgIpc) is 2.59. The van der Waals surface area contributed by atoms with Crippen molar-refractivity contribution in [3.05, 3.63) is 96.9 Å². The molecule has 7 heteroatoms. The lowest BCUT2D eigenvalue weighted by Gasteiger charge is -2.07. The second kappa shape index (κ2) is 8.18. The van der Waals surface area contributed by atoms with Crippen LogP contribution in [-0.2, 0) is 12.2 Å². The molecule has 0 atom stereocenters. The quantitative estimate of drug-likeness (QED) is 0.299. The highest BCUT2D eigenvalue weighted by Gasteiger charge is 2.07. The smallest absolute Gasteiger partial charge is 0.269 e. The summed E-state index contributed by atoms with van der Waals surface area (Å²) in [4.78, 5) is 29.6. The summed E-state index contributed by atoms with van der Waals surface area (Å²) < 4.78 is 0. The van der Waals surface area contributed by atoms with Gasteiger partial charge in [0.15, 0.2) is 5.16 Å². The minimum absolute atomic E-state index is 0.0609. The third kappa shape index (κ3) is 5.27. The van der Waals surface area contributed by atoms with Gasteiger partial charge in [0, 0.05) is 30.4 Å². The first-order valence-electron chi connectivity index (χ1n) is 8.42. The number of aromatic nitrogens is 2. The molecule has 2 aromatic carbocycles. The molecule has 0 aliphatic carbocycles. The summed E-state index contributed by atoms with van der Waals surface area (Å²) in [6.45, 7) is 4.10. The van der Waals surface area contributed by atoms with Crippen LogP contribution in [0.3, 0.4) is 0 Å². The van der Waals surface area contributed by atoms with Gasteiger partial charge in [-0.2, -0.15) is 0 Å². The Morgan fingerprint density at radius 1 is 1.04 bits per heavy atom. The SMILES string of the molecule is Cc1cc(C)cc(Cc2cc(=O)[nH]c(SCc3ccc([N+](=O)[O-])cc3)n2)c1. The van der Waals surface area contributed by atoms with E-state index in [0.29, 0.717) is 17.3 Å². The Bertz CT molecular complexity index is 1010. The second-order valence-electron chi connectivity index (χ2n) is 6.43. The van der Waals surface area contributed by atoms with Crippen LogP contribution in [0.2, 0.25) is 0 Å². The van der Waals surface area contributed by atoms with E-state index in [1.165, 1.54) is 41.1 Å². The van der Waals surface area contributed by atoms with E-state index in [-0.39, 0.29) is 11.2 Å². The van der Waals surface area contributed by atoms with E-state index < -0.39 is 4.92 Å². The van der Waals surface area contributed by atoms with Crippen LogP contribution < -0.4 is 5.56 Å². The summed E-state index contributed by atoms with van der Waals surface area (Å²) in [6, 6.07) is 14.2. The molecule has 1 aromatic heterocycles. The lowest BCUT2D eigenvalue weighted by atomic mass is 10.0. The van der Waals surface area contributed by atoms with Crippen LogP contribution in [0.1, 0.15) is 27.9 Å². The molecule has 0 bridgehead atoms. The lowest BCUT2D eigenvalue weighted by Crippen LogP contribution is -2.10. The largest absolute Gasteiger partial charge is 0.301 e. The fourth-order valence-electron chi connectivity index (χ4n) is 2.89. The highest BCUT2D eigenvalue weighted by molar-refractivity contribution is 7.98. The normalized spacial score (nSPS) is 10.7. The number of aryl methyl sites for hydroxylation is 2. The Kier molecular flexibility index (Phi) is 5.71. The summed E-state index contributed by atoms with van der Waals surface area (Å²) in [7, 11) is 0. The average molecular weight is 381 g/mol. The molecule has 0 saturated heterocycles. The predicted octanol–water partition coefficient (Wildman–Crippen LogP) is 4.18. The summed E-state index contributed by atoms with van der Waals surface area (Å²) in [5, 5.41) is 11.3. The van der Waals surface area contributed by atoms with Crippen LogP contribution in [0.15, 0.2) is 58.5 Å². The van der Waals surface area contributed by atoms with Crippen LogP contribution in [0.5, 0.6) is 0 Å². The van der Waals surface area contributed by atoms with Gasteiger partial charge in [0.25, 0.3) is 11.2 Å². The first-order chi connectivity index (χ1) is 12.9. The second-order valence-corrected chi connectivity index (χ2v) is 7.39. The first kappa shape index (κ1) is 18.8. The van der Waals surface area contributed by atoms with E-state index >= 15 is 0 Å². The molecule has 0 fully saturated rings. The molecule has 3 aromatic rings. The first-order valence-corrected chi connectivity index (χ1v) is 9.41. The predicted molar refractivity (Wildman–Crippen MR) is 106 cm³/mol. The van der Waals surface area contributed by atoms with Gasteiger partial charge in [-0.3, -0.25) is 14.9 Å². The number of nitrogens with one attached hydrogen (secondary N) is 1. The number of thioether (sulfide) groups is 1. The monoisotopic (exact) mass is 381 g/mol. The van der Waals surface area contributed by atoms with Crippen LogP contribution in [0.25, 0.3) is 0 Å². The van der Waals surface area contributed by atoms with Crippen molar-refractivity contribution in [3.8, 4) is 0 Å². The molecule has 0 radical (unpaired) electrons. The van der Waals surface area contributed by atoms with Gasteiger partial charge in [-0.1, -0.05) is 53.2 Å². The van der Waals surface area contributed by atoms with Crippen molar-refractivity contribution < 1.29 is 4.92 Å². The molecule has 27 heavy (non-hydrogen) atoms. The van der Waals surface area contributed by atoms with Crippen molar-refractivity contribution in [1.29, 1.82) is 0 Å². The van der Waals surface area contributed by atoms with Crippen LogP contribution in [-0.4, -0.2) is 14.9 Å². The number of nitro benzene ring substituents is 1. The van der Waals surface area contributed by atoms with Gasteiger partial charge in [-0.05, 0) is 25.0 Å². The Hall–Kier alpha value is -2.93. The van der Waals surface area contributed by atoms with Gasteiger partial charge in [0.1, 0.15) is 0 Å². The zero-order valence-electron chi connectivity index (χ0n) is 15.1. The standard InChI is InChI=1S/C20H19N3O3S/c1-13-7-14(2)9-16(8-13)10-17-11-19(24)22-20(21-17)27-12-15-3-5-18(6-4-15)23(25)26/h3-9,11H,10,12H2,1-2H3,(H,21,22,24). The molecular weight excluding hydrogens is 362 g/mol. The van der Waals surface area contributed by atoms with Gasteiger partial charge in [-0.25, -0.2) is 4.98 Å². The number of H-pyrrole nitrogens is 1. The molecule has 0 saturated carbocycles. The number of nitro groups is 1.